The highest BCUT2D eigenvalue weighted by atomic mass is 35.5. The summed E-state index contributed by atoms with van der Waals surface area (Å²) in [6.07, 6.45) is 2.54. The van der Waals surface area contributed by atoms with Gasteiger partial charge in [-0.1, -0.05) is 17.7 Å². The molecule has 1 aromatic heterocycles. The average molecular weight is 359 g/mol. The zero-order chi connectivity index (χ0) is 17.1. The van der Waals surface area contributed by atoms with E-state index in [0.29, 0.717) is 24.8 Å². The Morgan fingerprint density at radius 2 is 2.22 bits per heavy atom. The quantitative estimate of drug-likeness (QED) is 0.501. The number of rotatable bonds is 3. The Bertz CT molecular complexity index is 671. The van der Waals surface area contributed by atoms with Crippen molar-refractivity contribution >= 4 is 27.4 Å². The molecule has 128 valence electrons. The predicted molar refractivity (Wildman–Crippen MR) is 93.8 cm³/mol. The van der Waals surface area contributed by atoms with Gasteiger partial charge in [-0.2, -0.15) is 0 Å². The molecule has 1 aromatic rings. The monoisotopic (exact) mass is 358 g/mol. The van der Waals surface area contributed by atoms with E-state index in [1.807, 2.05) is 11.0 Å². The highest BCUT2D eigenvalue weighted by Gasteiger charge is 2.40. The Labute approximate surface area is 142 Å². The maximum Gasteiger partial charge on any atom is 0.193 e. The smallest absolute Gasteiger partial charge is 0.193 e. The van der Waals surface area contributed by atoms with Gasteiger partial charge in [0.2, 0.25) is 0 Å². The van der Waals surface area contributed by atoms with Crippen LogP contribution >= 0.6 is 11.6 Å². The predicted octanol–water partition coefficient (Wildman–Crippen LogP) is 1.36. The zero-order valence-corrected chi connectivity index (χ0v) is 15.3. The number of hydrogen-bond acceptors (Lipinski definition) is 4. The molecular weight excluding hydrogens is 336 g/mol. The molecule has 0 spiro atoms. The molecule has 0 aliphatic carbocycles. The number of aliphatic imine (C=N–C) groups is 1. The van der Waals surface area contributed by atoms with Gasteiger partial charge in [-0.15, -0.1) is 0 Å². The van der Waals surface area contributed by atoms with Crippen LogP contribution in [-0.2, 0) is 16.3 Å². The minimum atomic E-state index is -3.05. The first-order valence-electron chi connectivity index (χ1n) is 7.53. The molecule has 1 aliphatic rings. The molecule has 0 saturated carbocycles. The third-order valence-electron chi connectivity index (χ3n) is 4.04. The van der Waals surface area contributed by atoms with Crippen molar-refractivity contribution in [3.05, 3.63) is 29.0 Å². The summed E-state index contributed by atoms with van der Waals surface area (Å²) in [6.45, 7) is 5.13. The normalized spacial score (nSPS) is 20.3. The first kappa shape index (κ1) is 18.0. The molecule has 0 atom stereocenters. The second-order valence-corrected chi connectivity index (χ2v) is 9.34. The van der Waals surface area contributed by atoms with Crippen molar-refractivity contribution in [1.29, 1.82) is 0 Å². The first-order chi connectivity index (χ1) is 10.7. The van der Waals surface area contributed by atoms with E-state index in [-0.39, 0.29) is 5.75 Å². The molecular formula is C15H23ClN4O2S. The van der Waals surface area contributed by atoms with E-state index in [9.17, 15) is 8.42 Å². The summed E-state index contributed by atoms with van der Waals surface area (Å²) >= 11 is 5.77. The Balaban J connectivity index is 1.92. The number of guanidine groups is 1. The molecule has 0 unspecified atom stereocenters. The van der Waals surface area contributed by atoms with Crippen LogP contribution < -0.4 is 5.32 Å². The van der Waals surface area contributed by atoms with Gasteiger partial charge in [0.15, 0.2) is 15.8 Å². The molecule has 0 amide bonds. The van der Waals surface area contributed by atoms with E-state index in [0.717, 1.165) is 17.9 Å². The van der Waals surface area contributed by atoms with Crippen molar-refractivity contribution in [2.45, 2.75) is 25.0 Å². The minimum Gasteiger partial charge on any atom is -0.356 e. The third-order valence-corrected chi connectivity index (χ3v) is 6.80. The van der Waals surface area contributed by atoms with Crippen LogP contribution in [-0.4, -0.2) is 61.4 Å². The number of sulfone groups is 1. The Kier molecular flexibility index (Phi) is 5.52. The lowest BCUT2D eigenvalue weighted by Gasteiger charge is -2.39. The number of nitrogens with one attached hydrogen (secondary N) is 1. The third kappa shape index (κ3) is 4.35. The summed E-state index contributed by atoms with van der Waals surface area (Å²) in [5.41, 5.74) is 1.08. The van der Waals surface area contributed by atoms with Gasteiger partial charge in [-0.05, 0) is 31.9 Å². The summed E-state index contributed by atoms with van der Waals surface area (Å²) in [5.74, 6) is 0.886. The van der Waals surface area contributed by atoms with Crippen LogP contribution in [0.25, 0.3) is 0 Å². The van der Waals surface area contributed by atoms with E-state index >= 15 is 0 Å². The first-order valence-corrected chi connectivity index (χ1v) is 9.56. The number of pyridine rings is 1. The van der Waals surface area contributed by atoms with Crippen molar-refractivity contribution in [1.82, 2.24) is 15.2 Å². The lowest BCUT2D eigenvalue weighted by atomic mass is 10.2. The minimum absolute atomic E-state index is 0.155. The molecule has 1 aliphatic heterocycles. The molecule has 1 N–H and O–H groups in total. The van der Waals surface area contributed by atoms with Crippen LogP contribution in [0.2, 0.25) is 5.15 Å². The molecule has 2 heterocycles. The average Bonchev–Trinajstić information content (AvgIpc) is 2.49. The highest BCUT2D eigenvalue weighted by molar-refractivity contribution is 7.92. The number of hydrogen-bond donors (Lipinski definition) is 1. The lowest BCUT2D eigenvalue weighted by molar-refractivity contribution is 0.353. The molecule has 0 aromatic carbocycles. The van der Waals surface area contributed by atoms with Crippen LogP contribution in [0.5, 0.6) is 0 Å². The van der Waals surface area contributed by atoms with Gasteiger partial charge >= 0.3 is 0 Å². The summed E-state index contributed by atoms with van der Waals surface area (Å²) in [7, 11) is -1.34. The van der Waals surface area contributed by atoms with Crippen LogP contribution in [0.1, 0.15) is 19.4 Å². The van der Waals surface area contributed by atoms with E-state index < -0.39 is 14.6 Å². The topological polar surface area (TPSA) is 74.7 Å². The van der Waals surface area contributed by atoms with E-state index in [4.69, 9.17) is 11.6 Å². The van der Waals surface area contributed by atoms with Crippen LogP contribution in [0.15, 0.2) is 23.3 Å². The van der Waals surface area contributed by atoms with Crippen molar-refractivity contribution in [2.24, 2.45) is 4.99 Å². The molecule has 23 heavy (non-hydrogen) atoms. The fourth-order valence-electron chi connectivity index (χ4n) is 2.53. The van der Waals surface area contributed by atoms with Gasteiger partial charge in [-0.3, -0.25) is 4.99 Å². The van der Waals surface area contributed by atoms with Crippen LogP contribution in [0.4, 0.5) is 0 Å². The van der Waals surface area contributed by atoms with Crippen LogP contribution in [0, 0.1) is 0 Å². The largest absolute Gasteiger partial charge is 0.356 e. The SMILES string of the molecule is CN=C(NCCc1ccc(Cl)nc1)N1CCS(=O)(=O)C(C)(C)C1. The molecule has 0 radical (unpaired) electrons. The Morgan fingerprint density at radius 3 is 2.78 bits per heavy atom. The van der Waals surface area contributed by atoms with Crippen LogP contribution in [0.3, 0.4) is 0 Å². The number of aromatic nitrogens is 1. The van der Waals surface area contributed by atoms with Gasteiger partial charge < -0.3 is 10.2 Å². The fourth-order valence-corrected chi connectivity index (χ4v) is 4.01. The molecule has 1 fully saturated rings. The van der Waals surface area contributed by atoms with Gasteiger partial charge in [0.1, 0.15) is 5.15 Å². The van der Waals surface area contributed by atoms with E-state index in [2.05, 4.69) is 15.3 Å². The Morgan fingerprint density at radius 1 is 1.48 bits per heavy atom. The van der Waals surface area contributed by atoms with E-state index in [1.54, 1.807) is 33.2 Å². The second kappa shape index (κ2) is 7.05. The summed E-state index contributed by atoms with van der Waals surface area (Å²) < 4.78 is 23.4. The maximum atomic E-state index is 12.1. The zero-order valence-electron chi connectivity index (χ0n) is 13.7. The second-order valence-electron chi connectivity index (χ2n) is 6.21. The Hall–Kier alpha value is -1.34. The van der Waals surface area contributed by atoms with Gasteiger partial charge in [0.25, 0.3) is 0 Å². The number of halogens is 1. The van der Waals surface area contributed by atoms with Crippen molar-refractivity contribution in [3.63, 3.8) is 0 Å². The molecule has 0 bridgehead atoms. The highest BCUT2D eigenvalue weighted by Crippen LogP contribution is 2.23. The maximum absolute atomic E-state index is 12.1. The molecule has 1 saturated heterocycles. The van der Waals surface area contributed by atoms with Crippen molar-refractivity contribution in [3.8, 4) is 0 Å². The fraction of sp³-hybridized carbons (Fsp3) is 0.600. The lowest BCUT2D eigenvalue weighted by Crippen LogP contribution is -2.57. The summed E-state index contributed by atoms with van der Waals surface area (Å²) in [6, 6.07) is 3.71. The molecule has 6 nitrogen and oxygen atoms in total. The summed E-state index contributed by atoms with van der Waals surface area (Å²) in [4.78, 5) is 10.3. The number of nitrogens with zero attached hydrogens (tertiary/aromatic N) is 3. The summed E-state index contributed by atoms with van der Waals surface area (Å²) in [5, 5.41) is 3.77. The van der Waals surface area contributed by atoms with Gasteiger partial charge in [0.05, 0.1) is 10.5 Å². The standard InChI is InChI=1S/C15H23ClN4O2S/c1-15(2)11-20(8-9-23(15,21)22)14(17-3)18-7-6-12-4-5-13(16)19-10-12/h4-5,10H,6-9,11H2,1-3H3,(H,17,18). The van der Waals surface area contributed by atoms with Gasteiger partial charge in [-0.25, -0.2) is 13.4 Å². The molecule has 2 rings (SSSR count). The van der Waals surface area contributed by atoms with E-state index in [1.165, 1.54) is 0 Å². The van der Waals surface area contributed by atoms with Gasteiger partial charge in [0, 0.05) is 32.9 Å². The van der Waals surface area contributed by atoms with Crippen molar-refractivity contribution in [2.75, 3.05) is 32.4 Å². The molecule has 8 heteroatoms. The van der Waals surface area contributed by atoms with Crippen molar-refractivity contribution < 1.29 is 8.42 Å².